The Kier molecular flexibility index (Phi) is 13.2. The van der Waals surface area contributed by atoms with Crippen molar-refractivity contribution in [3.63, 3.8) is 0 Å². The molecule has 0 aliphatic rings. The summed E-state index contributed by atoms with van der Waals surface area (Å²) in [5, 5.41) is 0. The smallest absolute Gasteiger partial charge is 0.122 e. The predicted octanol–water partition coefficient (Wildman–Crippen LogP) is 7.47. The van der Waals surface area contributed by atoms with E-state index in [1.807, 2.05) is 6.07 Å². The van der Waals surface area contributed by atoms with E-state index in [-0.39, 0.29) is 0 Å². The summed E-state index contributed by atoms with van der Waals surface area (Å²) >= 11 is 0. The predicted molar refractivity (Wildman–Crippen MR) is 109 cm³/mol. The highest BCUT2D eigenvalue weighted by molar-refractivity contribution is 5.39. The molecule has 2 heteroatoms. The zero-order valence-electron chi connectivity index (χ0n) is 16.9. The van der Waals surface area contributed by atoms with Gasteiger partial charge in [0, 0.05) is 0 Å². The van der Waals surface area contributed by atoms with Gasteiger partial charge in [0.15, 0.2) is 0 Å². The highest BCUT2D eigenvalue weighted by Crippen LogP contribution is 2.24. The van der Waals surface area contributed by atoms with Crippen molar-refractivity contribution in [3.8, 4) is 11.5 Å². The van der Waals surface area contributed by atoms with Gasteiger partial charge in [-0.15, -0.1) is 0 Å². The molecule has 0 heterocycles. The number of rotatable bonds is 16. The Morgan fingerprint density at radius 1 is 0.640 bits per heavy atom. The molecule has 1 aromatic rings. The summed E-state index contributed by atoms with van der Waals surface area (Å²) in [7, 11) is 0. The molecule has 1 aromatic carbocycles. The second-order valence-corrected chi connectivity index (χ2v) is 7.16. The first-order chi connectivity index (χ1) is 12.3. The van der Waals surface area contributed by atoms with E-state index < -0.39 is 0 Å². The topological polar surface area (TPSA) is 18.5 Å². The van der Waals surface area contributed by atoms with Crippen LogP contribution in [0.3, 0.4) is 0 Å². The number of hydrogen-bond acceptors (Lipinski definition) is 2. The highest BCUT2D eigenvalue weighted by Gasteiger charge is 2.02. The summed E-state index contributed by atoms with van der Waals surface area (Å²) in [5.41, 5.74) is 1.17. The Hall–Kier alpha value is -1.18. The molecule has 2 nitrogen and oxygen atoms in total. The van der Waals surface area contributed by atoms with Gasteiger partial charge in [0.05, 0.1) is 13.2 Å². The lowest BCUT2D eigenvalue weighted by Gasteiger charge is -2.12. The molecule has 0 amide bonds. The summed E-state index contributed by atoms with van der Waals surface area (Å²) in [4.78, 5) is 0. The molecule has 0 atom stereocenters. The zero-order valence-corrected chi connectivity index (χ0v) is 16.9. The number of aryl methyl sites for hydroxylation is 1. The van der Waals surface area contributed by atoms with Crippen molar-refractivity contribution in [1.82, 2.24) is 0 Å². The van der Waals surface area contributed by atoms with Crippen LogP contribution < -0.4 is 9.47 Å². The molecule has 0 unspecified atom stereocenters. The van der Waals surface area contributed by atoms with Crippen LogP contribution in [-0.4, -0.2) is 13.2 Å². The lowest BCUT2D eigenvalue weighted by Crippen LogP contribution is -2.01. The average molecular weight is 349 g/mol. The Labute approximate surface area is 156 Å². The fourth-order valence-corrected chi connectivity index (χ4v) is 3.01. The van der Waals surface area contributed by atoms with Crippen molar-refractivity contribution in [3.05, 3.63) is 23.8 Å². The van der Waals surface area contributed by atoms with E-state index in [9.17, 15) is 0 Å². The standard InChI is InChI=1S/C23H40O2/c1-4-6-8-10-12-14-18-24-22-16-17-23(21(3)20-22)25-19-15-13-11-9-7-5-2/h16-17,20H,4-15,18-19H2,1-3H3. The van der Waals surface area contributed by atoms with E-state index in [1.54, 1.807) is 0 Å². The molecule has 25 heavy (non-hydrogen) atoms. The zero-order chi connectivity index (χ0) is 18.2. The Morgan fingerprint density at radius 3 is 1.72 bits per heavy atom. The second-order valence-electron chi connectivity index (χ2n) is 7.16. The van der Waals surface area contributed by atoms with Crippen molar-refractivity contribution >= 4 is 0 Å². The normalized spacial score (nSPS) is 10.8. The second kappa shape index (κ2) is 15.1. The number of hydrogen-bond donors (Lipinski definition) is 0. The van der Waals surface area contributed by atoms with E-state index in [0.717, 1.165) is 37.6 Å². The molecule has 0 aromatic heterocycles. The summed E-state index contributed by atoms with van der Waals surface area (Å²) in [5.74, 6) is 1.97. The van der Waals surface area contributed by atoms with Gasteiger partial charge in [0.25, 0.3) is 0 Å². The first-order valence-corrected chi connectivity index (χ1v) is 10.6. The lowest BCUT2D eigenvalue weighted by atomic mass is 10.1. The van der Waals surface area contributed by atoms with Crippen molar-refractivity contribution in [2.75, 3.05) is 13.2 Å². The van der Waals surface area contributed by atoms with E-state index in [0.29, 0.717) is 0 Å². The maximum absolute atomic E-state index is 5.92. The SMILES string of the molecule is CCCCCCCCOc1ccc(OCCCCCCCC)c(C)c1. The lowest BCUT2D eigenvalue weighted by molar-refractivity contribution is 0.294. The molecular formula is C23H40O2. The van der Waals surface area contributed by atoms with Crippen LogP contribution in [0.2, 0.25) is 0 Å². The van der Waals surface area contributed by atoms with E-state index in [4.69, 9.17) is 9.47 Å². The van der Waals surface area contributed by atoms with Crippen molar-refractivity contribution in [2.24, 2.45) is 0 Å². The maximum Gasteiger partial charge on any atom is 0.122 e. The van der Waals surface area contributed by atoms with Crippen LogP contribution in [0, 0.1) is 6.92 Å². The van der Waals surface area contributed by atoms with Gasteiger partial charge >= 0.3 is 0 Å². The van der Waals surface area contributed by atoms with Crippen molar-refractivity contribution in [2.45, 2.75) is 97.8 Å². The summed E-state index contributed by atoms with van der Waals surface area (Å²) in [6.45, 7) is 8.27. The van der Waals surface area contributed by atoms with E-state index in [1.165, 1.54) is 69.8 Å². The first kappa shape index (κ1) is 21.9. The van der Waals surface area contributed by atoms with Gasteiger partial charge in [-0.05, 0) is 43.5 Å². The van der Waals surface area contributed by atoms with Crippen LogP contribution in [0.5, 0.6) is 11.5 Å². The minimum atomic E-state index is 0.823. The van der Waals surface area contributed by atoms with Crippen molar-refractivity contribution in [1.29, 1.82) is 0 Å². The first-order valence-electron chi connectivity index (χ1n) is 10.6. The molecule has 0 spiro atoms. The average Bonchev–Trinajstić information content (AvgIpc) is 2.61. The Morgan fingerprint density at radius 2 is 1.16 bits per heavy atom. The minimum Gasteiger partial charge on any atom is -0.494 e. The number of ether oxygens (including phenoxy) is 2. The van der Waals surface area contributed by atoms with Gasteiger partial charge in [-0.2, -0.15) is 0 Å². The van der Waals surface area contributed by atoms with Crippen LogP contribution >= 0.6 is 0 Å². The highest BCUT2D eigenvalue weighted by atomic mass is 16.5. The Bertz CT molecular complexity index is 428. The third-order valence-electron chi connectivity index (χ3n) is 4.67. The molecule has 0 bridgehead atoms. The Balaban J connectivity index is 2.14. The van der Waals surface area contributed by atoms with Gasteiger partial charge in [0.2, 0.25) is 0 Å². The molecule has 0 saturated heterocycles. The van der Waals surface area contributed by atoms with Gasteiger partial charge in [-0.1, -0.05) is 78.1 Å². The van der Waals surface area contributed by atoms with Crippen LogP contribution in [-0.2, 0) is 0 Å². The van der Waals surface area contributed by atoms with Gasteiger partial charge in [-0.3, -0.25) is 0 Å². The molecular weight excluding hydrogens is 308 g/mol. The van der Waals surface area contributed by atoms with Gasteiger partial charge in [0.1, 0.15) is 11.5 Å². The fourth-order valence-electron chi connectivity index (χ4n) is 3.01. The number of unbranched alkanes of at least 4 members (excludes halogenated alkanes) is 10. The van der Waals surface area contributed by atoms with Crippen molar-refractivity contribution < 1.29 is 9.47 Å². The quantitative estimate of drug-likeness (QED) is 0.288. The minimum absolute atomic E-state index is 0.823. The maximum atomic E-state index is 5.92. The molecule has 0 saturated carbocycles. The molecule has 0 fully saturated rings. The van der Waals surface area contributed by atoms with Gasteiger partial charge in [-0.25, -0.2) is 0 Å². The van der Waals surface area contributed by atoms with E-state index >= 15 is 0 Å². The molecule has 0 radical (unpaired) electrons. The largest absolute Gasteiger partial charge is 0.494 e. The van der Waals surface area contributed by atoms with Crippen LogP contribution in [0.4, 0.5) is 0 Å². The molecule has 0 N–H and O–H groups in total. The van der Waals surface area contributed by atoms with Crippen LogP contribution in [0.15, 0.2) is 18.2 Å². The monoisotopic (exact) mass is 348 g/mol. The third-order valence-corrected chi connectivity index (χ3v) is 4.67. The van der Waals surface area contributed by atoms with Crippen LogP contribution in [0.25, 0.3) is 0 Å². The fraction of sp³-hybridized carbons (Fsp3) is 0.739. The molecule has 1 rings (SSSR count). The van der Waals surface area contributed by atoms with Crippen LogP contribution in [0.1, 0.15) is 96.5 Å². The molecule has 0 aliphatic heterocycles. The summed E-state index contributed by atoms with van der Waals surface area (Å²) in [6.07, 6.45) is 15.6. The molecule has 144 valence electrons. The summed E-state index contributed by atoms with van der Waals surface area (Å²) in [6, 6.07) is 6.21. The third kappa shape index (κ3) is 11.1. The summed E-state index contributed by atoms with van der Waals surface area (Å²) < 4.78 is 11.8. The molecule has 0 aliphatic carbocycles. The number of benzene rings is 1. The van der Waals surface area contributed by atoms with E-state index in [2.05, 4.69) is 32.9 Å². The van der Waals surface area contributed by atoms with Gasteiger partial charge < -0.3 is 9.47 Å².